The number of ether oxygens (including phenoxy) is 1. The van der Waals surface area contributed by atoms with Gasteiger partial charge >= 0.3 is 5.97 Å². The lowest BCUT2D eigenvalue weighted by molar-refractivity contribution is 0.0599. The first kappa shape index (κ1) is 25.7. The van der Waals surface area contributed by atoms with Crippen molar-refractivity contribution in [3.05, 3.63) is 123 Å². The number of esters is 1. The number of aryl methyl sites for hydroxylation is 1. The molecule has 0 saturated heterocycles. The molecule has 0 aliphatic carbocycles. The van der Waals surface area contributed by atoms with Crippen molar-refractivity contribution < 1.29 is 9.53 Å². The second-order valence-electron chi connectivity index (χ2n) is 8.57. The Bertz CT molecular complexity index is 1430. The van der Waals surface area contributed by atoms with Crippen LogP contribution < -0.4 is 0 Å². The monoisotopic (exact) mass is 513 g/mol. The third-order valence-corrected chi connectivity index (χ3v) is 7.28. The van der Waals surface area contributed by atoms with Crippen molar-refractivity contribution in [1.29, 1.82) is 0 Å². The lowest BCUT2D eigenvalue weighted by Crippen LogP contribution is -2.07. The van der Waals surface area contributed by atoms with Gasteiger partial charge in [0, 0.05) is 15.7 Å². The van der Waals surface area contributed by atoms with Gasteiger partial charge in [-0.15, -0.1) is 11.8 Å². The molecule has 0 unspecified atom stereocenters. The van der Waals surface area contributed by atoms with E-state index in [0.717, 1.165) is 45.5 Å². The highest BCUT2D eigenvalue weighted by Gasteiger charge is 2.16. The van der Waals surface area contributed by atoms with Gasteiger partial charge in [-0.2, -0.15) is 0 Å². The third-order valence-electron chi connectivity index (χ3n) is 5.85. The summed E-state index contributed by atoms with van der Waals surface area (Å²) in [6, 6.07) is 26.0. The zero-order valence-electron chi connectivity index (χ0n) is 20.4. The Morgan fingerprint density at radius 1 is 1.06 bits per heavy atom. The van der Waals surface area contributed by atoms with E-state index in [4.69, 9.17) is 21.3 Å². The van der Waals surface area contributed by atoms with Crippen molar-refractivity contribution in [1.82, 2.24) is 4.98 Å². The molecule has 182 valence electrons. The predicted octanol–water partition coefficient (Wildman–Crippen LogP) is 8.79. The van der Waals surface area contributed by atoms with Crippen molar-refractivity contribution in [2.24, 2.45) is 0 Å². The highest BCUT2D eigenvalue weighted by molar-refractivity contribution is 8.03. The number of carbonyl (C=O) groups is 1. The fourth-order valence-corrected chi connectivity index (χ4v) is 5.28. The SMILES string of the molecule is C=C(C)S[C@H](CCc1ccccc1C(=O)OC)c1cccc(/C=C/c2ccc3ccc(Cl)cc3n2)c1. The van der Waals surface area contributed by atoms with Gasteiger partial charge in [-0.25, -0.2) is 9.78 Å². The van der Waals surface area contributed by atoms with Crippen LogP contribution in [0.2, 0.25) is 5.02 Å². The number of fused-ring (bicyclic) bond motifs is 1. The number of benzene rings is 3. The molecule has 5 heteroatoms. The van der Waals surface area contributed by atoms with Gasteiger partial charge in [-0.05, 0) is 71.7 Å². The van der Waals surface area contributed by atoms with E-state index in [9.17, 15) is 4.79 Å². The van der Waals surface area contributed by atoms with Gasteiger partial charge < -0.3 is 4.74 Å². The van der Waals surface area contributed by atoms with E-state index in [1.54, 1.807) is 11.8 Å². The molecule has 0 bridgehead atoms. The van der Waals surface area contributed by atoms with Crippen LogP contribution in [0.25, 0.3) is 23.1 Å². The molecule has 3 aromatic carbocycles. The van der Waals surface area contributed by atoms with Crippen LogP contribution >= 0.6 is 23.4 Å². The van der Waals surface area contributed by atoms with Crippen LogP contribution in [0.15, 0.2) is 90.3 Å². The minimum atomic E-state index is -0.300. The van der Waals surface area contributed by atoms with Crippen molar-refractivity contribution in [3.8, 4) is 0 Å². The summed E-state index contributed by atoms with van der Waals surface area (Å²) in [5, 5.41) is 1.95. The molecule has 0 spiro atoms. The molecular formula is C31H28ClNO2S. The third kappa shape index (κ3) is 6.66. The van der Waals surface area contributed by atoms with E-state index in [1.165, 1.54) is 12.7 Å². The minimum Gasteiger partial charge on any atom is -0.465 e. The fraction of sp³-hybridized carbons (Fsp3) is 0.161. The van der Waals surface area contributed by atoms with Gasteiger partial charge in [0.2, 0.25) is 0 Å². The lowest BCUT2D eigenvalue weighted by Gasteiger charge is -2.18. The first-order valence-electron chi connectivity index (χ1n) is 11.8. The minimum absolute atomic E-state index is 0.211. The van der Waals surface area contributed by atoms with E-state index in [2.05, 4.69) is 43.0 Å². The summed E-state index contributed by atoms with van der Waals surface area (Å²) in [4.78, 5) is 18.0. The zero-order valence-corrected chi connectivity index (χ0v) is 22.0. The van der Waals surface area contributed by atoms with Crippen molar-refractivity contribution in [2.75, 3.05) is 7.11 Å². The Kier molecular flexibility index (Phi) is 8.63. The van der Waals surface area contributed by atoms with Crippen LogP contribution in [0.1, 0.15) is 51.3 Å². The van der Waals surface area contributed by atoms with Gasteiger partial charge in [0.05, 0.1) is 23.9 Å². The molecular weight excluding hydrogens is 486 g/mol. The maximum Gasteiger partial charge on any atom is 0.338 e. The van der Waals surface area contributed by atoms with Crippen LogP contribution in [0.3, 0.4) is 0 Å². The molecule has 0 saturated carbocycles. The summed E-state index contributed by atoms with van der Waals surface area (Å²) < 4.78 is 4.96. The van der Waals surface area contributed by atoms with Gasteiger partial charge in [0.1, 0.15) is 0 Å². The first-order chi connectivity index (χ1) is 17.4. The normalized spacial score (nSPS) is 12.1. The van der Waals surface area contributed by atoms with E-state index in [0.29, 0.717) is 10.6 Å². The van der Waals surface area contributed by atoms with Crippen LogP contribution in [0, 0.1) is 0 Å². The molecule has 0 radical (unpaired) electrons. The second kappa shape index (κ2) is 12.1. The number of halogens is 1. The van der Waals surface area contributed by atoms with E-state index in [-0.39, 0.29) is 11.2 Å². The summed E-state index contributed by atoms with van der Waals surface area (Å²) >= 11 is 7.89. The summed E-state index contributed by atoms with van der Waals surface area (Å²) in [5.41, 5.74) is 5.70. The highest BCUT2D eigenvalue weighted by Crippen LogP contribution is 2.38. The number of hydrogen-bond donors (Lipinski definition) is 0. The maximum absolute atomic E-state index is 12.2. The Labute approximate surface area is 221 Å². The van der Waals surface area contributed by atoms with Gasteiger partial charge in [-0.1, -0.05) is 78.9 Å². The zero-order chi connectivity index (χ0) is 25.5. The first-order valence-corrected chi connectivity index (χ1v) is 13.0. The molecule has 0 fully saturated rings. The Morgan fingerprint density at radius 2 is 1.86 bits per heavy atom. The number of hydrogen-bond acceptors (Lipinski definition) is 4. The van der Waals surface area contributed by atoms with E-state index in [1.807, 2.05) is 61.5 Å². The van der Waals surface area contributed by atoms with E-state index < -0.39 is 0 Å². The van der Waals surface area contributed by atoms with E-state index >= 15 is 0 Å². The second-order valence-corrected chi connectivity index (χ2v) is 10.5. The Morgan fingerprint density at radius 3 is 2.67 bits per heavy atom. The molecule has 4 rings (SSSR count). The van der Waals surface area contributed by atoms with Crippen molar-refractivity contribution >= 4 is 52.4 Å². The van der Waals surface area contributed by atoms with Crippen LogP contribution in [-0.2, 0) is 11.2 Å². The number of rotatable bonds is 9. The predicted molar refractivity (Wildman–Crippen MR) is 153 cm³/mol. The molecule has 1 heterocycles. The smallest absolute Gasteiger partial charge is 0.338 e. The topological polar surface area (TPSA) is 39.2 Å². The molecule has 0 N–H and O–H groups in total. The molecule has 0 aliphatic rings. The molecule has 1 atom stereocenters. The van der Waals surface area contributed by atoms with Crippen LogP contribution in [0.4, 0.5) is 0 Å². The van der Waals surface area contributed by atoms with Crippen molar-refractivity contribution in [2.45, 2.75) is 25.0 Å². The summed E-state index contributed by atoms with van der Waals surface area (Å²) in [6.07, 6.45) is 5.73. The average molecular weight is 514 g/mol. The number of pyridine rings is 1. The maximum atomic E-state index is 12.2. The summed E-state index contributed by atoms with van der Waals surface area (Å²) in [7, 11) is 1.42. The number of nitrogens with zero attached hydrogens (tertiary/aromatic N) is 1. The van der Waals surface area contributed by atoms with Crippen molar-refractivity contribution in [3.63, 3.8) is 0 Å². The number of aromatic nitrogens is 1. The number of methoxy groups -OCH3 is 1. The number of allylic oxidation sites excluding steroid dienone is 1. The lowest BCUT2D eigenvalue weighted by atomic mass is 9.98. The molecule has 0 aliphatic heterocycles. The number of carbonyl (C=O) groups excluding carboxylic acids is 1. The largest absolute Gasteiger partial charge is 0.465 e. The molecule has 4 aromatic rings. The summed E-state index contributed by atoms with van der Waals surface area (Å²) in [6.45, 7) is 6.15. The Hall–Kier alpha value is -3.34. The fourth-order valence-electron chi connectivity index (χ4n) is 4.11. The average Bonchev–Trinajstić information content (AvgIpc) is 2.89. The van der Waals surface area contributed by atoms with Gasteiger partial charge in [0.25, 0.3) is 0 Å². The molecule has 3 nitrogen and oxygen atoms in total. The molecule has 0 amide bonds. The van der Waals surface area contributed by atoms with Gasteiger partial charge in [-0.3, -0.25) is 0 Å². The Balaban J connectivity index is 1.54. The quantitative estimate of drug-likeness (QED) is 0.210. The van der Waals surface area contributed by atoms with Crippen LogP contribution in [-0.4, -0.2) is 18.1 Å². The summed E-state index contributed by atoms with van der Waals surface area (Å²) in [5.74, 6) is -0.300. The molecule has 1 aromatic heterocycles. The highest BCUT2D eigenvalue weighted by atomic mass is 35.5. The standard InChI is InChI=1S/C31H28ClNO2S/c1-21(2)36-30(18-14-23-8-4-5-10-28(23)31(34)35-3)25-9-6-7-22(19-25)11-16-27-17-13-24-12-15-26(32)20-29(24)33-27/h4-13,15-17,19-20,30H,1,14,18H2,2-3H3/b16-11+/t30-/m1/s1. The molecule has 36 heavy (non-hydrogen) atoms. The van der Waals surface area contributed by atoms with Gasteiger partial charge in [0.15, 0.2) is 0 Å². The van der Waals surface area contributed by atoms with Crippen LogP contribution in [0.5, 0.6) is 0 Å². The number of thioether (sulfide) groups is 1.